The first-order chi connectivity index (χ1) is 11.7. The Morgan fingerprint density at radius 3 is 2.46 bits per heavy atom. The monoisotopic (exact) mass is 322 g/mol. The summed E-state index contributed by atoms with van der Waals surface area (Å²) in [6.07, 6.45) is 5.07. The summed E-state index contributed by atoms with van der Waals surface area (Å²) in [5.74, 6) is 0.218. The van der Waals surface area contributed by atoms with E-state index in [4.69, 9.17) is 11.5 Å². The van der Waals surface area contributed by atoms with Gasteiger partial charge < -0.3 is 11.5 Å². The number of nitriles is 1. The van der Waals surface area contributed by atoms with Gasteiger partial charge in [-0.15, -0.1) is 0 Å². The van der Waals surface area contributed by atoms with Crippen LogP contribution in [-0.4, -0.2) is 28.0 Å². The number of nitrogens with zero attached hydrogens (tertiary/aromatic N) is 4. The number of nitrogens with two attached hydrogens (primary N) is 2. The molecule has 2 heterocycles. The fourth-order valence-corrected chi connectivity index (χ4v) is 3.23. The second-order valence-electron chi connectivity index (χ2n) is 6.15. The van der Waals surface area contributed by atoms with Gasteiger partial charge in [-0.2, -0.15) is 10.2 Å². The Kier molecular flexibility index (Phi) is 4.92. The number of nitrogen functional groups attached to an aromatic ring is 2. The molecule has 6 heteroatoms. The molecular weight excluding hydrogens is 300 g/mol. The molecule has 0 bridgehead atoms. The van der Waals surface area contributed by atoms with E-state index in [1.54, 1.807) is 0 Å². The van der Waals surface area contributed by atoms with Crippen LogP contribution in [0.3, 0.4) is 0 Å². The van der Waals surface area contributed by atoms with Gasteiger partial charge in [-0.25, -0.2) is 4.98 Å². The Hall–Kier alpha value is -2.65. The number of benzene rings is 1. The van der Waals surface area contributed by atoms with Crippen molar-refractivity contribution in [2.45, 2.75) is 32.2 Å². The van der Waals surface area contributed by atoms with Crippen LogP contribution < -0.4 is 11.5 Å². The van der Waals surface area contributed by atoms with Crippen LogP contribution in [0, 0.1) is 11.3 Å². The molecule has 24 heavy (non-hydrogen) atoms. The molecular formula is C18H22N6. The highest BCUT2D eigenvalue weighted by Gasteiger charge is 2.18. The van der Waals surface area contributed by atoms with Crippen LogP contribution in [0.4, 0.5) is 11.8 Å². The van der Waals surface area contributed by atoms with Gasteiger partial charge in [-0.05, 0) is 31.5 Å². The van der Waals surface area contributed by atoms with Crippen LogP contribution >= 0.6 is 0 Å². The van der Waals surface area contributed by atoms with Crippen molar-refractivity contribution < 1.29 is 0 Å². The number of aromatic nitrogens is 2. The minimum Gasteiger partial charge on any atom is -0.382 e. The van der Waals surface area contributed by atoms with E-state index in [2.05, 4.69) is 27.0 Å². The third-order valence-electron chi connectivity index (χ3n) is 4.43. The topological polar surface area (TPSA) is 105 Å². The first-order valence-electron chi connectivity index (χ1n) is 8.32. The van der Waals surface area contributed by atoms with Crippen molar-refractivity contribution >= 4 is 11.8 Å². The van der Waals surface area contributed by atoms with Gasteiger partial charge in [0.05, 0.1) is 5.69 Å². The second-order valence-corrected chi connectivity index (χ2v) is 6.15. The van der Waals surface area contributed by atoms with Gasteiger partial charge in [0.15, 0.2) is 0 Å². The maximum absolute atomic E-state index is 9.44. The average molecular weight is 322 g/mol. The predicted octanol–water partition coefficient (Wildman–Crippen LogP) is 2.56. The third kappa shape index (κ3) is 3.47. The van der Waals surface area contributed by atoms with Crippen molar-refractivity contribution in [3.8, 4) is 17.3 Å². The number of hydrogen-bond acceptors (Lipinski definition) is 6. The van der Waals surface area contributed by atoms with Crippen LogP contribution in [0.15, 0.2) is 24.3 Å². The summed E-state index contributed by atoms with van der Waals surface area (Å²) in [5.41, 5.74) is 14.5. The van der Waals surface area contributed by atoms with Gasteiger partial charge in [0.2, 0.25) is 5.95 Å². The lowest BCUT2D eigenvalue weighted by atomic mass is 10.0. The Balaban J connectivity index is 1.99. The summed E-state index contributed by atoms with van der Waals surface area (Å²) in [6.45, 7) is 3.05. The molecule has 4 N–H and O–H groups in total. The summed E-state index contributed by atoms with van der Waals surface area (Å²) in [5, 5.41) is 9.44. The zero-order valence-corrected chi connectivity index (χ0v) is 13.7. The van der Waals surface area contributed by atoms with E-state index in [0.717, 1.165) is 30.8 Å². The standard InChI is InChI=1S/C18H22N6/c19-11-15-16(22-18(21)23-17(15)20)14-8-4-3-7-13(14)12-24-9-5-1-2-6-10-24/h3-4,7-8H,1-2,5-6,9-10,12H2,(H4,20,21,22,23). The molecule has 0 atom stereocenters. The number of anilines is 2. The van der Waals surface area contributed by atoms with Gasteiger partial charge in [-0.1, -0.05) is 37.1 Å². The molecule has 3 rings (SSSR count). The largest absolute Gasteiger partial charge is 0.382 e. The van der Waals surface area contributed by atoms with Crippen LogP contribution in [0.2, 0.25) is 0 Å². The molecule has 2 aromatic rings. The average Bonchev–Trinajstić information content (AvgIpc) is 2.83. The Bertz CT molecular complexity index is 757. The third-order valence-corrected chi connectivity index (χ3v) is 4.43. The Morgan fingerprint density at radius 2 is 1.75 bits per heavy atom. The van der Waals surface area contributed by atoms with Gasteiger partial charge in [0.1, 0.15) is 17.5 Å². The molecule has 124 valence electrons. The lowest BCUT2D eigenvalue weighted by Gasteiger charge is -2.21. The van der Waals surface area contributed by atoms with Gasteiger partial charge in [-0.3, -0.25) is 4.90 Å². The van der Waals surface area contributed by atoms with Crippen LogP contribution in [-0.2, 0) is 6.54 Å². The molecule has 0 spiro atoms. The molecule has 0 amide bonds. The first kappa shape index (κ1) is 16.2. The summed E-state index contributed by atoms with van der Waals surface area (Å²) in [7, 11) is 0. The molecule has 1 aliphatic heterocycles. The smallest absolute Gasteiger partial charge is 0.222 e. The fourth-order valence-electron chi connectivity index (χ4n) is 3.23. The number of rotatable bonds is 3. The van der Waals surface area contributed by atoms with Crippen LogP contribution in [0.1, 0.15) is 36.8 Å². The van der Waals surface area contributed by atoms with Crippen molar-refractivity contribution in [3.05, 3.63) is 35.4 Å². The lowest BCUT2D eigenvalue weighted by Crippen LogP contribution is -2.24. The zero-order valence-electron chi connectivity index (χ0n) is 13.7. The fraction of sp³-hybridized carbons (Fsp3) is 0.389. The summed E-state index contributed by atoms with van der Waals surface area (Å²) >= 11 is 0. The maximum atomic E-state index is 9.44. The molecule has 0 saturated carbocycles. The lowest BCUT2D eigenvalue weighted by molar-refractivity contribution is 0.277. The maximum Gasteiger partial charge on any atom is 0.222 e. The SMILES string of the molecule is N#Cc1c(N)nc(N)nc1-c1ccccc1CN1CCCCCC1. The van der Waals surface area contributed by atoms with E-state index in [9.17, 15) is 5.26 Å². The molecule has 0 radical (unpaired) electrons. The summed E-state index contributed by atoms with van der Waals surface area (Å²) in [4.78, 5) is 10.7. The van der Waals surface area contributed by atoms with E-state index in [-0.39, 0.29) is 17.3 Å². The van der Waals surface area contributed by atoms with Crippen molar-refractivity contribution in [2.75, 3.05) is 24.6 Å². The quantitative estimate of drug-likeness (QED) is 0.899. The highest BCUT2D eigenvalue weighted by molar-refractivity contribution is 5.75. The van der Waals surface area contributed by atoms with E-state index in [0.29, 0.717) is 5.69 Å². The van der Waals surface area contributed by atoms with Crippen molar-refractivity contribution in [3.63, 3.8) is 0 Å². The van der Waals surface area contributed by atoms with Crippen molar-refractivity contribution in [1.29, 1.82) is 5.26 Å². The summed E-state index contributed by atoms with van der Waals surface area (Å²) in [6, 6.07) is 10.1. The van der Waals surface area contributed by atoms with Crippen LogP contribution in [0.5, 0.6) is 0 Å². The van der Waals surface area contributed by atoms with Crippen molar-refractivity contribution in [1.82, 2.24) is 14.9 Å². The number of likely N-dealkylation sites (tertiary alicyclic amines) is 1. The highest BCUT2D eigenvalue weighted by Crippen LogP contribution is 2.29. The molecule has 1 aromatic carbocycles. The molecule has 6 nitrogen and oxygen atoms in total. The van der Waals surface area contributed by atoms with Gasteiger partial charge in [0, 0.05) is 12.1 Å². The minimum absolute atomic E-state index is 0.0890. The van der Waals surface area contributed by atoms with Crippen LogP contribution in [0.25, 0.3) is 11.3 Å². The normalized spacial score (nSPS) is 15.6. The molecule has 1 aromatic heterocycles. The zero-order chi connectivity index (χ0) is 16.9. The van der Waals surface area contributed by atoms with E-state index >= 15 is 0 Å². The Morgan fingerprint density at radius 1 is 1.04 bits per heavy atom. The summed E-state index contributed by atoms with van der Waals surface area (Å²) < 4.78 is 0. The van der Waals surface area contributed by atoms with E-state index in [1.807, 2.05) is 18.2 Å². The highest BCUT2D eigenvalue weighted by atomic mass is 15.1. The van der Waals surface area contributed by atoms with E-state index < -0.39 is 0 Å². The molecule has 0 unspecified atom stereocenters. The molecule has 1 fully saturated rings. The van der Waals surface area contributed by atoms with Gasteiger partial charge >= 0.3 is 0 Å². The predicted molar refractivity (Wildman–Crippen MR) is 94.8 cm³/mol. The number of hydrogen-bond donors (Lipinski definition) is 2. The Labute approximate surface area is 142 Å². The van der Waals surface area contributed by atoms with Crippen molar-refractivity contribution in [2.24, 2.45) is 0 Å². The minimum atomic E-state index is 0.0890. The van der Waals surface area contributed by atoms with E-state index in [1.165, 1.54) is 25.7 Å². The molecule has 0 aliphatic carbocycles. The van der Waals surface area contributed by atoms with Gasteiger partial charge in [0.25, 0.3) is 0 Å². The first-order valence-corrected chi connectivity index (χ1v) is 8.32. The molecule has 1 aliphatic rings. The second kappa shape index (κ2) is 7.28. The molecule has 1 saturated heterocycles.